The van der Waals surface area contributed by atoms with Crippen LogP contribution in [0, 0.1) is 14.9 Å². The van der Waals surface area contributed by atoms with E-state index in [1.807, 2.05) is 12.1 Å². The van der Waals surface area contributed by atoms with Gasteiger partial charge in [0.15, 0.2) is 5.76 Å². The highest BCUT2D eigenvalue weighted by Gasteiger charge is 2.08. The van der Waals surface area contributed by atoms with E-state index >= 15 is 0 Å². The minimum atomic E-state index is 0.443. The van der Waals surface area contributed by atoms with E-state index in [-0.39, 0.29) is 0 Å². The summed E-state index contributed by atoms with van der Waals surface area (Å²) < 4.78 is 12.5. The van der Waals surface area contributed by atoms with Crippen LogP contribution in [0.25, 0.3) is 11.3 Å². The molecule has 1 heterocycles. The van der Waals surface area contributed by atoms with E-state index in [2.05, 4.69) is 64.1 Å². The molecule has 3 aromatic rings. The van der Waals surface area contributed by atoms with Gasteiger partial charge in [-0.05, 0) is 89.9 Å². The van der Waals surface area contributed by atoms with Gasteiger partial charge >= 0.3 is 0 Å². The fourth-order valence-electron chi connectivity index (χ4n) is 2.79. The Morgan fingerprint density at radius 2 is 2.00 bits per heavy atom. The Hall–Kier alpha value is -2.37. The third-order valence-electron chi connectivity index (χ3n) is 4.12. The van der Waals surface area contributed by atoms with E-state index < -0.39 is 0 Å². The Morgan fingerprint density at radius 3 is 2.75 bits per heavy atom. The molecule has 0 saturated heterocycles. The van der Waals surface area contributed by atoms with Crippen molar-refractivity contribution in [3.05, 3.63) is 63.4 Å². The number of aromatic nitrogens is 1. The molecule has 3 rings (SSSR count). The molecule has 1 N–H and O–H groups in total. The number of hydrogen-bond acceptors (Lipinski definition) is 5. The first-order chi connectivity index (χ1) is 13.7. The monoisotopic (exact) mass is 487 g/mol. The maximum Gasteiger partial charge on any atom is 0.299 e. The largest absolute Gasteiger partial charge is 0.423 e. The second kappa shape index (κ2) is 10.2. The summed E-state index contributed by atoms with van der Waals surface area (Å²) in [5, 5.41) is 12.1. The van der Waals surface area contributed by atoms with Crippen LogP contribution in [0.5, 0.6) is 0 Å². The van der Waals surface area contributed by atoms with Crippen molar-refractivity contribution in [1.29, 1.82) is 5.26 Å². The number of halogens is 1. The zero-order valence-corrected chi connectivity index (χ0v) is 17.9. The van der Waals surface area contributed by atoms with E-state index in [1.165, 1.54) is 5.56 Å². The molecule has 0 aliphatic heterocycles. The van der Waals surface area contributed by atoms with Crippen molar-refractivity contribution < 1.29 is 9.15 Å². The van der Waals surface area contributed by atoms with Crippen molar-refractivity contribution in [1.82, 2.24) is 4.98 Å². The van der Waals surface area contributed by atoms with Crippen molar-refractivity contribution in [3.63, 3.8) is 0 Å². The van der Waals surface area contributed by atoms with Crippen LogP contribution in [-0.2, 0) is 11.2 Å². The van der Waals surface area contributed by atoms with Crippen LogP contribution in [0.4, 0.5) is 11.7 Å². The van der Waals surface area contributed by atoms with Crippen LogP contribution < -0.4 is 5.32 Å². The summed E-state index contributed by atoms with van der Waals surface area (Å²) in [6.45, 7) is 3.73. The van der Waals surface area contributed by atoms with Gasteiger partial charge in [0.1, 0.15) is 0 Å². The van der Waals surface area contributed by atoms with Gasteiger partial charge in [-0.1, -0.05) is 6.92 Å². The van der Waals surface area contributed by atoms with Crippen molar-refractivity contribution in [2.75, 3.05) is 18.5 Å². The Labute approximate surface area is 178 Å². The Morgan fingerprint density at radius 1 is 1.18 bits per heavy atom. The average Bonchev–Trinajstić information content (AvgIpc) is 3.16. The number of anilines is 2. The summed E-state index contributed by atoms with van der Waals surface area (Å²) in [5.41, 5.74) is 3.71. The maximum absolute atomic E-state index is 8.90. The number of rotatable bonds is 9. The number of nitriles is 1. The molecule has 0 bridgehead atoms. The number of nitrogens with zero attached hydrogens (tertiary/aromatic N) is 2. The predicted octanol–water partition coefficient (Wildman–Crippen LogP) is 5.92. The lowest BCUT2D eigenvalue weighted by Gasteiger charge is -2.08. The zero-order valence-electron chi connectivity index (χ0n) is 15.7. The molecule has 6 heteroatoms. The van der Waals surface area contributed by atoms with Gasteiger partial charge in [-0.2, -0.15) is 5.26 Å². The predicted molar refractivity (Wildman–Crippen MR) is 119 cm³/mol. The van der Waals surface area contributed by atoms with Gasteiger partial charge in [-0.15, -0.1) is 0 Å². The summed E-state index contributed by atoms with van der Waals surface area (Å²) in [6, 6.07) is 16.2. The molecule has 0 saturated carbocycles. The van der Waals surface area contributed by atoms with Crippen molar-refractivity contribution in [3.8, 4) is 17.4 Å². The molecule has 5 nitrogen and oxygen atoms in total. The molecule has 0 aliphatic carbocycles. The summed E-state index contributed by atoms with van der Waals surface area (Å²) in [4.78, 5) is 4.32. The number of oxazole rings is 1. The summed E-state index contributed by atoms with van der Waals surface area (Å²) in [6.07, 6.45) is 4.71. The molecule has 0 radical (unpaired) electrons. The minimum absolute atomic E-state index is 0.443. The van der Waals surface area contributed by atoms with Crippen LogP contribution in [-0.4, -0.2) is 18.2 Å². The fraction of sp³-hybridized carbons (Fsp3) is 0.273. The summed E-state index contributed by atoms with van der Waals surface area (Å²) in [7, 11) is 0. The number of aryl methyl sites for hydroxylation is 1. The first-order valence-corrected chi connectivity index (χ1v) is 10.4. The van der Waals surface area contributed by atoms with Gasteiger partial charge in [0, 0.05) is 28.0 Å². The van der Waals surface area contributed by atoms with E-state index in [4.69, 9.17) is 14.4 Å². The number of hydrogen-bond donors (Lipinski definition) is 1. The summed E-state index contributed by atoms with van der Waals surface area (Å²) >= 11 is 2.32. The van der Waals surface area contributed by atoms with Crippen LogP contribution in [0.1, 0.15) is 30.9 Å². The molecular formula is C22H22IN3O2. The van der Waals surface area contributed by atoms with Gasteiger partial charge in [-0.3, -0.25) is 0 Å². The van der Waals surface area contributed by atoms with Gasteiger partial charge in [0.05, 0.1) is 17.8 Å². The number of nitrogens with one attached hydrogen (secondary N) is 1. The van der Waals surface area contributed by atoms with Gasteiger partial charge < -0.3 is 14.5 Å². The van der Waals surface area contributed by atoms with E-state index in [0.717, 1.165) is 47.3 Å². The first kappa shape index (κ1) is 20.4. The van der Waals surface area contributed by atoms with Crippen molar-refractivity contribution >= 4 is 34.3 Å². The van der Waals surface area contributed by atoms with Gasteiger partial charge in [0.2, 0.25) is 0 Å². The Balaban J connectivity index is 1.65. The molecular weight excluding hydrogens is 465 g/mol. The van der Waals surface area contributed by atoms with Crippen molar-refractivity contribution in [2.45, 2.75) is 26.2 Å². The fourth-order valence-corrected chi connectivity index (χ4v) is 3.53. The van der Waals surface area contributed by atoms with E-state index in [0.29, 0.717) is 17.3 Å². The summed E-state index contributed by atoms with van der Waals surface area (Å²) in [5.74, 6) is 0.658. The minimum Gasteiger partial charge on any atom is -0.423 e. The van der Waals surface area contributed by atoms with Crippen molar-refractivity contribution in [2.24, 2.45) is 0 Å². The molecule has 1 aromatic heterocycles. The highest BCUT2D eigenvalue weighted by molar-refractivity contribution is 14.1. The normalized spacial score (nSPS) is 10.6. The maximum atomic E-state index is 8.90. The standard InChI is InChI=1S/C22H22IN3O2/c1-2-9-27-10-3-4-17-11-19(23)13-20(12-17)26-22-25-15-21(28-22)18-7-5-16(14-24)6-8-18/h5-8,11-13,15H,2-4,9-10H2,1H3,(H,25,26). The molecule has 0 atom stereocenters. The van der Waals surface area contributed by atoms with Crippen LogP contribution in [0.3, 0.4) is 0 Å². The second-order valence-electron chi connectivity index (χ2n) is 6.41. The molecule has 0 spiro atoms. The Kier molecular flexibility index (Phi) is 7.46. The first-order valence-electron chi connectivity index (χ1n) is 9.28. The molecule has 144 valence electrons. The van der Waals surface area contributed by atoms with E-state index in [9.17, 15) is 0 Å². The van der Waals surface area contributed by atoms with E-state index in [1.54, 1.807) is 18.3 Å². The smallest absolute Gasteiger partial charge is 0.299 e. The average molecular weight is 487 g/mol. The van der Waals surface area contributed by atoms with Gasteiger partial charge in [0.25, 0.3) is 6.01 Å². The molecule has 0 aliphatic rings. The highest BCUT2D eigenvalue weighted by Crippen LogP contribution is 2.26. The second-order valence-corrected chi connectivity index (χ2v) is 7.65. The lowest BCUT2D eigenvalue weighted by atomic mass is 10.1. The zero-order chi connectivity index (χ0) is 19.8. The lowest BCUT2D eigenvalue weighted by Crippen LogP contribution is -1.99. The topological polar surface area (TPSA) is 71.1 Å². The number of benzene rings is 2. The Bertz CT molecular complexity index is 945. The lowest BCUT2D eigenvalue weighted by molar-refractivity contribution is 0.132. The molecule has 0 unspecified atom stereocenters. The molecule has 0 amide bonds. The van der Waals surface area contributed by atoms with Gasteiger partial charge in [-0.25, -0.2) is 4.98 Å². The number of ether oxygens (including phenoxy) is 1. The van der Waals surface area contributed by atoms with Crippen LogP contribution in [0.15, 0.2) is 53.1 Å². The molecule has 2 aromatic carbocycles. The van der Waals surface area contributed by atoms with Crippen LogP contribution >= 0.6 is 22.6 Å². The third-order valence-corrected chi connectivity index (χ3v) is 4.74. The molecule has 0 fully saturated rings. The highest BCUT2D eigenvalue weighted by atomic mass is 127. The SMILES string of the molecule is CCCOCCCc1cc(I)cc(Nc2ncc(-c3ccc(C#N)cc3)o2)c1. The van der Waals surface area contributed by atoms with Crippen LogP contribution in [0.2, 0.25) is 0 Å². The third kappa shape index (κ3) is 5.81. The molecule has 28 heavy (non-hydrogen) atoms. The quantitative estimate of drug-likeness (QED) is 0.300.